The van der Waals surface area contributed by atoms with Crippen LogP contribution in [0.4, 0.5) is 32.0 Å². The van der Waals surface area contributed by atoms with E-state index in [2.05, 4.69) is 15.2 Å². The van der Waals surface area contributed by atoms with E-state index in [4.69, 9.17) is 10.2 Å². The molecule has 2 aromatic rings. The molecular formula is C19H21F6N5O3. The number of nitrogens with two attached hydrogens (primary N) is 1. The summed E-state index contributed by atoms with van der Waals surface area (Å²) in [4.78, 5) is 17.8. The predicted molar refractivity (Wildman–Crippen MR) is 101 cm³/mol. The first-order valence-electron chi connectivity index (χ1n) is 9.94. The Morgan fingerprint density at radius 3 is 2.42 bits per heavy atom. The van der Waals surface area contributed by atoms with E-state index in [0.29, 0.717) is 6.07 Å². The van der Waals surface area contributed by atoms with E-state index >= 15 is 0 Å². The van der Waals surface area contributed by atoms with Crippen molar-refractivity contribution in [3.05, 3.63) is 23.2 Å². The van der Waals surface area contributed by atoms with Crippen molar-refractivity contribution in [1.82, 2.24) is 20.1 Å². The van der Waals surface area contributed by atoms with Crippen LogP contribution in [-0.4, -0.2) is 49.9 Å². The first kappa shape index (κ1) is 24.7. The average Bonchev–Trinajstić information content (AvgIpc) is 3.16. The molecular weight excluding hydrogens is 460 g/mol. The number of fused-ring (bicyclic) bond motifs is 5. The number of amides is 1. The van der Waals surface area contributed by atoms with E-state index in [1.165, 1.54) is 4.90 Å². The zero-order valence-corrected chi connectivity index (χ0v) is 17.6. The molecule has 0 aromatic carbocycles. The van der Waals surface area contributed by atoms with Gasteiger partial charge in [0.05, 0.1) is 23.4 Å². The van der Waals surface area contributed by atoms with Crippen molar-refractivity contribution in [2.45, 2.75) is 63.5 Å². The fourth-order valence-electron chi connectivity index (χ4n) is 3.55. The van der Waals surface area contributed by atoms with Gasteiger partial charge in [-0.3, -0.25) is 4.79 Å². The summed E-state index contributed by atoms with van der Waals surface area (Å²) in [6.07, 6.45) is -11.8. The van der Waals surface area contributed by atoms with Gasteiger partial charge in [0.15, 0.2) is 5.69 Å². The van der Waals surface area contributed by atoms with Crippen molar-refractivity contribution in [2.75, 3.05) is 12.3 Å². The monoisotopic (exact) mass is 481 g/mol. The van der Waals surface area contributed by atoms with E-state index in [-0.39, 0.29) is 19.4 Å². The summed E-state index contributed by atoms with van der Waals surface area (Å²) < 4.78 is 86.9. The Bertz CT molecular complexity index is 1040. The van der Waals surface area contributed by atoms with E-state index in [9.17, 15) is 36.2 Å². The number of aliphatic hydroxyl groups is 1. The summed E-state index contributed by atoms with van der Waals surface area (Å²) in [6, 6.07) is 0.0684. The number of alkyl halides is 6. The molecule has 1 aliphatic rings. The molecule has 0 fully saturated rings. The van der Waals surface area contributed by atoms with Gasteiger partial charge in [0.1, 0.15) is 0 Å². The van der Waals surface area contributed by atoms with Crippen LogP contribution in [0.3, 0.4) is 0 Å². The molecule has 0 spiro atoms. The van der Waals surface area contributed by atoms with E-state index < -0.39 is 77.2 Å². The summed E-state index contributed by atoms with van der Waals surface area (Å²) in [5.74, 6) is -2.60. The maximum atomic E-state index is 13.7. The lowest BCUT2D eigenvalue weighted by molar-refractivity contribution is -0.277. The number of hydrogen-bond acceptors (Lipinski definition) is 7. The van der Waals surface area contributed by atoms with Crippen LogP contribution in [0.2, 0.25) is 0 Å². The number of nitrogen functional groups attached to an aromatic ring is 1. The Balaban J connectivity index is 2.22. The first-order chi connectivity index (χ1) is 15.1. The van der Waals surface area contributed by atoms with Crippen molar-refractivity contribution in [1.29, 1.82) is 0 Å². The molecule has 0 saturated heterocycles. The third-order valence-corrected chi connectivity index (χ3v) is 5.34. The molecule has 1 atom stereocenters. The van der Waals surface area contributed by atoms with Crippen LogP contribution < -0.4 is 5.73 Å². The molecule has 1 amide bonds. The van der Waals surface area contributed by atoms with E-state index in [1.807, 2.05) is 0 Å². The normalized spacial score (nSPS) is 20.8. The molecule has 1 unspecified atom stereocenters. The van der Waals surface area contributed by atoms with Gasteiger partial charge < -0.3 is 20.2 Å². The van der Waals surface area contributed by atoms with Gasteiger partial charge >= 0.3 is 12.4 Å². The fourth-order valence-corrected chi connectivity index (χ4v) is 3.55. The maximum Gasteiger partial charge on any atom is 0.426 e. The molecule has 2 aromatic heterocycles. The Kier molecular flexibility index (Phi) is 6.35. The Morgan fingerprint density at radius 2 is 1.85 bits per heavy atom. The minimum atomic E-state index is -5.19. The minimum absolute atomic E-state index is 0.0375. The minimum Gasteiger partial charge on any atom is -0.416 e. The molecule has 33 heavy (non-hydrogen) atoms. The van der Waals surface area contributed by atoms with Crippen LogP contribution in [0.1, 0.15) is 50.3 Å². The number of halogens is 6. The van der Waals surface area contributed by atoms with Crippen LogP contribution in [0, 0.1) is 0 Å². The number of anilines is 1. The second kappa shape index (κ2) is 8.47. The van der Waals surface area contributed by atoms with Crippen molar-refractivity contribution >= 4 is 11.6 Å². The number of rotatable bonds is 1. The molecule has 3 N–H and O–H groups in total. The second-order valence-corrected chi connectivity index (χ2v) is 8.00. The van der Waals surface area contributed by atoms with Crippen LogP contribution in [0.25, 0.3) is 11.6 Å². The van der Waals surface area contributed by atoms with Gasteiger partial charge in [0, 0.05) is 12.6 Å². The van der Waals surface area contributed by atoms with Gasteiger partial charge in [-0.15, -0.1) is 10.2 Å². The summed E-state index contributed by atoms with van der Waals surface area (Å²) in [5.41, 5.74) is -0.920. The van der Waals surface area contributed by atoms with Crippen LogP contribution >= 0.6 is 0 Å². The number of hydrogen-bond donors (Lipinski definition) is 2. The number of nitrogens with zero attached hydrogens (tertiary/aromatic N) is 4. The van der Waals surface area contributed by atoms with Crippen LogP contribution in [-0.2, 0) is 23.0 Å². The smallest absolute Gasteiger partial charge is 0.416 e. The highest BCUT2D eigenvalue weighted by molar-refractivity contribution is 5.80. The highest BCUT2D eigenvalue weighted by atomic mass is 19.4. The fraction of sp³-hybridized carbons (Fsp3) is 0.579. The van der Waals surface area contributed by atoms with E-state index in [1.54, 1.807) is 13.8 Å². The van der Waals surface area contributed by atoms with Crippen LogP contribution in [0.5, 0.6) is 0 Å². The molecule has 14 heteroatoms. The third-order valence-electron chi connectivity index (χ3n) is 5.34. The van der Waals surface area contributed by atoms with Gasteiger partial charge in [0.25, 0.3) is 11.8 Å². The van der Waals surface area contributed by atoms with Crippen molar-refractivity contribution in [3.63, 3.8) is 0 Å². The lowest BCUT2D eigenvalue weighted by atomic mass is 9.95. The highest BCUT2D eigenvalue weighted by Gasteiger charge is 2.58. The topological polar surface area (TPSA) is 118 Å². The van der Waals surface area contributed by atoms with Crippen molar-refractivity contribution in [3.8, 4) is 11.6 Å². The average molecular weight is 481 g/mol. The van der Waals surface area contributed by atoms with Crippen molar-refractivity contribution in [2.24, 2.45) is 0 Å². The number of aromatic nitrogens is 3. The molecule has 8 nitrogen and oxygen atoms in total. The largest absolute Gasteiger partial charge is 0.426 e. The molecule has 3 rings (SSSR count). The van der Waals surface area contributed by atoms with Crippen LogP contribution in [0.15, 0.2) is 10.5 Å². The Hall–Kier alpha value is -2.90. The first-order valence-corrected chi connectivity index (χ1v) is 9.94. The molecule has 0 radical (unpaired) electrons. The van der Waals surface area contributed by atoms with Gasteiger partial charge in [-0.05, 0) is 39.2 Å². The zero-order valence-electron chi connectivity index (χ0n) is 17.6. The molecule has 0 saturated carbocycles. The molecule has 1 aliphatic heterocycles. The summed E-state index contributed by atoms with van der Waals surface area (Å²) in [6.45, 7) is 3.21. The van der Waals surface area contributed by atoms with Gasteiger partial charge in [0.2, 0.25) is 11.5 Å². The Labute approximate surface area is 183 Å². The van der Waals surface area contributed by atoms with Gasteiger partial charge in [-0.2, -0.15) is 26.3 Å². The SMILES string of the molecule is CC(C)N1CCCCC(O)(C(F)(F)F)c2nnc(o2)-c2nc(c(C(F)(F)F)cc2N)CC1=O. The zero-order chi connectivity index (χ0) is 24.8. The summed E-state index contributed by atoms with van der Waals surface area (Å²) in [7, 11) is 0. The molecule has 3 heterocycles. The lowest BCUT2D eigenvalue weighted by Crippen LogP contribution is -2.43. The molecule has 0 aliphatic carbocycles. The maximum absolute atomic E-state index is 13.7. The number of carbonyl (C=O) groups is 1. The second-order valence-electron chi connectivity index (χ2n) is 8.00. The Morgan fingerprint density at radius 1 is 1.18 bits per heavy atom. The summed E-state index contributed by atoms with van der Waals surface area (Å²) in [5, 5.41) is 17.1. The highest BCUT2D eigenvalue weighted by Crippen LogP contribution is 2.43. The van der Waals surface area contributed by atoms with E-state index in [0.717, 1.165) is 0 Å². The number of pyridine rings is 1. The van der Waals surface area contributed by atoms with Crippen molar-refractivity contribution < 1.29 is 40.7 Å². The quantitative estimate of drug-likeness (QED) is 0.599. The van der Waals surface area contributed by atoms with Gasteiger partial charge in [-0.25, -0.2) is 4.98 Å². The molecule has 182 valence electrons. The summed E-state index contributed by atoms with van der Waals surface area (Å²) >= 11 is 0. The molecule has 4 bridgehead atoms. The standard InChI is InChI=1S/C19H21F6N5O3/c1-9(2)30-6-4-3-5-17(32,19(23,24)25)16-29-28-15(33-16)14-11(26)7-10(18(20,21)22)12(27-14)8-13(30)31/h7,9,32H,3-6,8,26H2,1-2H3. The third kappa shape index (κ3) is 4.75. The number of carbonyl (C=O) groups excluding carboxylic acids is 1. The predicted octanol–water partition coefficient (Wildman–Crippen LogP) is 3.45. The van der Waals surface area contributed by atoms with Gasteiger partial charge in [-0.1, -0.05) is 0 Å². The lowest BCUT2D eigenvalue weighted by Gasteiger charge is -2.29.